The molecule has 0 unspecified atom stereocenters. The smallest absolute Gasteiger partial charge is 0.409 e. The first-order chi connectivity index (χ1) is 12.0. The number of nitrogens with zero attached hydrogens (tertiary/aromatic N) is 1. The van der Waals surface area contributed by atoms with Gasteiger partial charge in [-0.05, 0) is 22.3 Å². The van der Waals surface area contributed by atoms with Crippen molar-refractivity contribution in [3.8, 4) is 11.1 Å². The van der Waals surface area contributed by atoms with Crippen molar-refractivity contribution in [3.05, 3.63) is 59.7 Å². The van der Waals surface area contributed by atoms with Crippen molar-refractivity contribution in [3.63, 3.8) is 0 Å². The van der Waals surface area contributed by atoms with Gasteiger partial charge in [0.1, 0.15) is 6.61 Å². The minimum Gasteiger partial charge on any atom is -0.481 e. The first-order valence-electron chi connectivity index (χ1n) is 8.28. The van der Waals surface area contributed by atoms with Crippen molar-refractivity contribution in [1.82, 2.24) is 4.90 Å². The number of fused-ring (bicyclic) bond motifs is 3. The van der Waals surface area contributed by atoms with E-state index in [2.05, 4.69) is 24.3 Å². The summed E-state index contributed by atoms with van der Waals surface area (Å²) in [5.74, 6) is -1.56. The van der Waals surface area contributed by atoms with Gasteiger partial charge in [-0.3, -0.25) is 4.79 Å². The third-order valence-electron chi connectivity index (χ3n) is 4.62. The normalized spacial score (nSPS) is 13.7. The summed E-state index contributed by atoms with van der Waals surface area (Å²) in [5, 5.41) is 8.95. The Balaban J connectivity index is 1.71. The number of carbonyl (C=O) groups excluding carboxylic acids is 1. The fourth-order valence-electron chi connectivity index (χ4n) is 3.27. The summed E-state index contributed by atoms with van der Waals surface area (Å²) < 4.78 is 5.48. The zero-order valence-corrected chi connectivity index (χ0v) is 14.3. The van der Waals surface area contributed by atoms with Gasteiger partial charge in [-0.2, -0.15) is 0 Å². The molecular formula is C20H21NO4. The van der Waals surface area contributed by atoms with Crippen molar-refractivity contribution in [1.29, 1.82) is 0 Å². The summed E-state index contributed by atoms with van der Waals surface area (Å²) in [4.78, 5) is 24.4. The van der Waals surface area contributed by atoms with Gasteiger partial charge in [0.15, 0.2) is 0 Å². The number of aliphatic carboxylic acids is 1. The number of hydrogen-bond acceptors (Lipinski definition) is 3. The summed E-state index contributed by atoms with van der Waals surface area (Å²) in [6.07, 6.45) is -0.505. The minimum absolute atomic E-state index is 0.00153. The van der Waals surface area contributed by atoms with Crippen molar-refractivity contribution in [2.45, 2.75) is 12.8 Å². The maximum absolute atomic E-state index is 12.2. The van der Waals surface area contributed by atoms with Crippen molar-refractivity contribution in [2.24, 2.45) is 5.92 Å². The molecule has 1 aliphatic rings. The van der Waals surface area contributed by atoms with Crippen LogP contribution >= 0.6 is 0 Å². The lowest BCUT2D eigenvalue weighted by atomic mass is 9.98. The van der Waals surface area contributed by atoms with E-state index in [-0.39, 0.29) is 19.1 Å². The Morgan fingerprint density at radius 2 is 1.60 bits per heavy atom. The monoisotopic (exact) mass is 339 g/mol. The molecule has 1 aliphatic carbocycles. The van der Waals surface area contributed by atoms with Crippen molar-refractivity contribution < 1.29 is 19.4 Å². The molecule has 25 heavy (non-hydrogen) atoms. The molecule has 3 rings (SSSR count). The van der Waals surface area contributed by atoms with E-state index < -0.39 is 18.0 Å². The molecule has 5 heteroatoms. The van der Waals surface area contributed by atoms with Gasteiger partial charge in [0.25, 0.3) is 0 Å². The third kappa shape index (κ3) is 3.36. The average molecular weight is 339 g/mol. The van der Waals surface area contributed by atoms with Gasteiger partial charge < -0.3 is 14.7 Å². The highest BCUT2D eigenvalue weighted by Gasteiger charge is 2.29. The number of carboxylic acids is 1. The highest BCUT2D eigenvalue weighted by Crippen LogP contribution is 2.44. The summed E-state index contributed by atoms with van der Waals surface area (Å²) in [6, 6.07) is 16.3. The summed E-state index contributed by atoms with van der Waals surface area (Å²) in [5.41, 5.74) is 4.65. The van der Waals surface area contributed by atoms with Crippen LogP contribution < -0.4 is 0 Å². The topological polar surface area (TPSA) is 66.8 Å². The molecule has 2 aromatic carbocycles. The van der Waals surface area contributed by atoms with Crippen LogP contribution in [-0.4, -0.2) is 42.3 Å². The third-order valence-corrected chi connectivity index (χ3v) is 4.62. The van der Waals surface area contributed by atoms with Gasteiger partial charge in [-0.15, -0.1) is 0 Å². The van der Waals surface area contributed by atoms with Crippen LogP contribution in [0.3, 0.4) is 0 Å². The lowest BCUT2D eigenvalue weighted by molar-refractivity contribution is -0.141. The number of amides is 1. The first-order valence-corrected chi connectivity index (χ1v) is 8.28. The number of benzene rings is 2. The molecule has 1 atom stereocenters. The Labute approximate surface area is 146 Å². The quantitative estimate of drug-likeness (QED) is 0.904. The molecular weight excluding hydrogens is 318 g/mol. The van der Waals surface area contributed by atoms with Crippen LogP contribution in [0.15, 0.2) is 48.5 Å². The van der Waals surface area contributed by atoms with E-state index in [0.29, 0.717) is 0 Å². The standard InChI is InChI=1S/C20H21NO4/c1-13(19(22)23)11-21(2)20(24)25-12-18-16-9-5-3-7-14(16)15-8-4-6-10-17(15)18/h3-10,13,18H,11-12H2,1-2H3,(H,22,23)/t13-/m1/s1. The second-order valence-corrected chi connectivity index (χ2v) is 6.42. The van der Waals surface area contributed by atoms with E-state index in [1.807, 2.05) is 24.3 Å². The van der Waals surface area contributed by atoms with Gasteiger partial charge >= 0.3 is 12.1 Å². The Morgan fingerprint density at radius 3 is 2.12 bits per heavy atom. The summed E-state index contributed by atoms with van der Waals surface area (Å²) in [7, 11) is 1.55. The number of rotatable bonds is 5. The molecule has 1 N–H and O–H groups in total. The molecule has 2 aromatic rings. The van der Waals surface area contributed by atoms with Crippen molar-refractivity contribution in [2.75, 3.05) is 20.2 Å². The van der Waals surface area contributed by atoms with Gasteiger partial charge in [0.2, 0.25) is 0 Å². The van der Waals surface area contributed by atoms with Gasteiger partial charge in [-0.25, -0.2) is 4.79 Å². The summed E-state index contributed by atoms with van der Waals surface area (Å²) in [6.45, 7) is 1.92. The SMILES string of the molecule is C[C@H](CN(C)C(=O)OCC1c2ccccc2-c2ccccc21)C(=O)O. The lowest BCUT2D eigenvalue weighted by Crippen LogP contribution is -2.34. The number of ether oxygens (including phenoxy) is 1. The fraction of sp³-hybridized carbons (Fsp3) is 0.300. The van der Waals surface area contributed by atoms with Gasteiger partial charge in [-0.1, -0.05) is 55.5 Å². The molecule has 0 saturated carbocycles. The Kier molecular flexibility index (Phi) is 4.74. The maximum atomic E-state index is 12.2. The van der Waals surface area contributed by atoms with E-state index in [9.17, 15) is 9.59 Å². The molecule has 0 radical (unpaired) electrons. The van der Waals surface area contributed by atoms with Crippen LogP contribution in [0.2, 0.25) is 0 Å². The Morgan fingerprint density at radius 1 is 1.08 bits per heavy atom. The van der Waals surface area contributed by atoms with Crippen LogP contribution in [0.5, 0.6) is 0 Å². The van der Waals surface area contributed by atoms with E-state index in [0.717, 1.165) is 11.1 Å². The molecule has 0 fully saturated rings. The predicted molar refractivity (Wildman–Crippen MR) is 94.5 cm³/mol. The van der Waals surface area contributed by atoms with Crippen LogP contribution in [0, 0.1) is 5.92 Å². The average Bonchev–Trinajstić information content (AvgIpc) is 2.93. The molecule has 0 bridgehead atoms. The second-order valence-electron chi connectivity index (χ2n) is 6.42. The molecule has 130 valence electrons. The molecule has 5 nitrogen and oxygen atoms in total. The molecule has 0 heterocycles. The van der Waals surface area contributed by atoms with Crippen LogP contribution in [-0.2, 0) is 9.53 Å². The van der Waals surface area contributed by atoms with Crippen molar-refractivity contribution >= 4 is 12.1 Å². The molecule has 0 spiro atoms. The highest BCUT2D eigenvalue weighted by atomic mass is 16.6. The van der Waals surface area contributed by atoms with E-state index in [1.54, 1.807) is 14.0 Å². The predicted octanol–water partition coefficient (Wildman–Crippen LogP) is 3.59. The number of carboxylic acid groups (broad SMARTS) is 1. The van der Waals surface area contributed by atoms with Gasteiger partial charge in [0.05, 0.1) is 5.92 Å². The number of hydrogen-bond donors (Lipinski definition) is 1. The zero-order valence-electron chi connectivity index (χ0n) is 14.3. The largest absolute Gasteiger partial charge is 0.481 e. The maximum Gasteiger partial charge on any atom is 0.409 e. The van der Waals surface area contributed by atoms with E-state index in [4.69, 9.17) is 9.84 Å². The van der Waals surface area contributed by atoms with Crippen LogP contribution in [0.25, 0.3) is 11.1 Å². The molecule has 0 aromatic heterocycles. The minimum atomic E-state index is -0.932. The molecule has 0 aliphatic heterocycles. The number of carbonyl (C=O) groups is 2. The van der Waals surface area contributed by atoms with Crippen LogP contribution in [0.4, 0.5) is 4.79 Å². The summed E-state index contributed by atoms with van der Waals surface area (Å²) >= 11 is 0. The van der Waals surface area contributed by atoms with E-state index in [1.165, 1.54) is 16.0 Å². The Bertz CT molecular complexity index is 756. The second kappa shape index (κ2) is 6.97. The fourth-order valence-corrected chi connectivity index (χ4v) is 3.27. The zero-order chi connectivity index (χ0) is 18.0. The van der Waals surface area contributed by atoms with Gasteiger partial charge in [0, 0.05) is 19.5 Å². The molecule has 1 amide bonds. The molecule has 0 saturated heterocycles. The lowest BCUT2D eigenvalue weighted by Gasteiger charge is -2.21. The highest BCUT2D eigenvalue weighted by molar-refractivity contribution is 5.79. The Hall–Kier alpha value is -2.82. The van der Waals surface area contributed by atoms with E-state index >= 15 is 0 Å². The first kappa shape index (κ1) is 17.0. The van der Waals surface area contributed by atoms with Crippen LogP contribution in [0.1, 0.15) is 24.0 Å².